The molecule has 0 aromatic heterocycles. The van der Waals surface area contributed by atoms with E-state index >= 15 is 0 Å². The Bertz CT molecular complexity index is 380. The number of esters is 1. The highest BCUT2D eigenvalue weighted by molar-refractivity contribution is 5.82. The maximum Gasteiger partial charge on any atom is 0.309 e. The minimum Gasteiger partial charge on any atom is -0.457 e. The number of ketones is 1. The smallest absolute Gasteiger partial charge is 0.309 e. The molecule has 0 bridgehead atoms. The van der Waals surface area contributed by atoms with Crippen LogP contribution < -0.4 is 0 Å². The van der Waals surface area contributed by atoms with E-state index in [4.69, 9.17) is 4.74 Å². The summed E-state index contributed by atoms with van der Waals surface area (Å²) < 4.78 is 5.41. The zero-order chi connectivity index (χ0) is 21.7. The Labute approximate surface area is 181 Å². The van der Waals surface area contributed by atoms with Gasteiger partial charge in [0, 0.05) is 6.42 Å². The van der Waals surface area contributed by atoms with Crippen LogP contribution in [0.4, 0.5) is 0 Å². The molecular weight excluding hydrogens is 362 g/mol. The quantitative estimate of drug-likeness (QED) is 0.158. The molecule has 4 nitrogen and oxygen atoms in total. The lowest BCUT2D eigenvalue weighted by Gasteiger charge is -2.16. The minimum absolute atomic E-state index is 0.0260. The SMILES string of the molecule is CCCCCCCCC(CCCCCCCC)C(=O)OCC(=O)CCCN(C)C. The fraction of sp³-hybridized carbons (Fsp3) is 0.920. The number of carbonyl (C=O) groups is 2. The molecule has 0 amide bonds. The fourth-order valence-electron chi connectivity index (χ4n) is 3.66. The first kappa shape index (κ1) is 28.1. The molecule has 0 aliphatic carbocycles. The van der Waals surface area contributed by atoms with Gasteiger partial charge in [-0.1, -0.05) is 90.9 Å². The molecule has 0 spiro atoms. The number of hydrogen-bond donors (Lipinski definition) is 0. The van der Waals surface area contributed by atoms with E-state index in [0.29, 0.717) is 6.42 Å². The molecule has 0 fully saturated rings. The summed E-state index contributed by atoms with van der Waals surface area (Å²) in [5, 5.41) is 0. The standard InChI is InChI=1S/C25H49NO3/c1-5-7-9-11-13-15-18-23(19-16-14-12-10-8-6-2)25(28)29-22-24(27)20-17-21-26(3)4/h23H,5-22H2,1-4H3. The van der Waals surface area contributed by atoms with E-state index in [2.05, 4.69) is 18.7 Å². The number of unbranched alkanes of at least 4 members (excludes halogenated alkanes) is 10. The van der Waals surface area contributed by atoms with E-state index in [-0.39, 0.29) is 24.3 Å². The van der Waals surface area contributed by atoms with Crippen molar-refractivity contribution in [2.24, 2.45) is 5.92 Å². The zero-order valence-electron chi connectivity index (χ0n) is 20.0. The second-order valence-electron chi connectivity index (χ2n) is 8.86. The van der Waals surface area contributed by atoms with Gasteiger partial charge in [0.1, 0.15) is 6.61 Å². The van der Waals surface area contributed by atoms with E-state index in [1.807, 2.05) is 14.1 Å². The first-order valence-corrected chi connectivity index (χ1v) is 12.3. The molecule has 0 N–H and O–H groups in total. The predicted octanol–water partition coefficient (Wildman–Crippen LogP) is 6.56. The lowest BCUT2D eigenvalue weighted by Crippen LogP contribution is -2.22. The van der Waals surface area contributed by atoms with Gasteiger partial charge >= 0.3 is 5.97 Å². The van der Waals surface area contributed by atoms with Crippen molar-refractivity contribution in [3.8, 4) is 0 Å². The number of hydrogen-bond acceptors (Lipinski definition) is 4. The van der Waals surface area contributed by atoms with Crippen LogP contribution in [0.5, 0.6) is 0 Å². The summed E-state index contributed by atoms with van der Waals surface area (Å²) in [6.45, 7) is 5.30. The van der Waals surface area contributed by atoms with Crippen molar-refractivity contribution in [2.45, 2.75) is 117 Å². The molecular formula is C25H49NO3. The molecule has 0 saturated heterocycles. The Morgan fingerprint density at radius 1 is 0.724 bits per heavy atom. The Hall–Kier alpha value is -0.900. The lowest BCUT2D eigenvalue weighted by atomic mass is 9.94. The molecule has 0 aromatic rings. The lowest BCUT2D eigenvalue weighted by molar-refractivity contribution is -0.152. The normalized spacial score (nSPS) is 11.4. The zero-order valence-corrected chi connectivity index (χ0v) is 20.0. The third-order valence-electron chi connectivity index (χ3n) is 5.58. The predicted molar refractivity (Wildman–Crippen MR) is 123 cm³/mol. The topological polar surface area (TPSA) is 46.6 Å². The molecule has 0 heterocycles. The van der Waals surface area contributed by atoms with Gasteiger partial charge in [-0.15, -0.1) is 0 Å². The Balaban J connectivity index is 4.22. The summed E-state index contributed by atoms with van der Waals surface area (Å²) in [5.74, 6) is -0.131. The summed E-state index contributed by atoms with van der Waals surface area (Å²) in [6.07, 6.45) is 18.0. The third-order valence-corrected chi connectivity index (χ3v) is 5.58. The Morgan fingerprint density at radius 3 is 1.69 bits per heavy atom. The van der Waals surface area contributed by atoms with E-state index < -0.39 is 0 Å². The fourth-order valence-corrected chi connectivity index (χ4v) is 3.66. The van der Waals surface area contributed by atoms with Gasteiger partial charge in [-0.05, 0) is 39.9 Å². The van der Waals surface area contributed by atoms with E-state index in [9.17, 15) is 9.59 Å². The maximum atomic E-state index is 12.6. The minimum atomic E-state index is -0.145. The van der Waals surface area contributed by atoms with Crippen LogP contribution in [-0.4, -0.2) is 43.9 Å². The third kappa shape index (κ3) is 18.8. The van der Waals surface area contributed by atoms with Crippen molar-refractivity contribution in [3.63, 3.8) is 0 Å². The molecule has 0 rings (SSSR count). The molecule has 0 aliphatic heterocycles. The monoisotopic (exact) mass is 411 g/mol. The second kappa shape index (κ2) is 20.4. The molecule has 0 saturated carbocycles. The molecule has 0 radical (unpaired) electrons. The summed E-state index contributed by atoms with van der Waals surface area (Å²) in [7, 11) is 4.00. The van der Waals surface area contributed by atoms with Crippen LogP contribution in [0.15, 0.2) is 0 Å². The molecule has 172 valence electrons. The highest BCUT2D eigenvalue weighted by atomic mass is 16.5. The molecule has 29 heavy (non-hydrogen) atoms. The molecule has 0 aliphatic rings. The van der Waals surface area contributed by atoms with Crippen LogP contribution >= 0.6 is 0 Å². The highest BCUT2D eigenvalue weighted by Crippen LogP contribution is 2.21. The average Bonchev–Trinajstić information content (AvgIpc) is 2.69. The summed E-state index contributed by atoms with van der Waals surface area (Å²) in [6, 6.07) is 0. The summed E-state index contributed by atoms with van der Waals surface area (Å²) >= 11 is 0. The van der Waals surface area contributed by atoms with Crippen LogP contribution in [-0.2, 0) is 14.3 Å². The maximum absolute atomic E-state index is 12.6. The van der Waals surface area contributed by atoms with Crippen LogP contribution in [0, 0.1) is 5.92 Å². The van der Waals surface area contributed by atoms with E-state index in [0.717, 1.165) is 38.6 Å². The second-order valence-corrected chi connectivity index (χ2v) is 8.86. The van der Waals surface area contributed by atoms with Gasteiger partial charge in [-0.2, -0.15) is 0 Å². The van der Waals surface area contributed by atoms with E-state index in [1.54, 1.807) is 0 Å². The van der Waals surface area contributed by atoms with Gasteiger partial charge in [0.2, 0.25) is 0 Å². The van der Waals surface area contributed by atoms with Gasteiger partial charge in [-0.25, -0.2) is 0 Å². The number of carbonyl (C=O) groups excluding carboxylic acids is 2. The Kier molecular flexibility index (Phi) is 19.7. The average molecular weight is 412 g/mol. The molecule has 0 unspecified atom stereocenters. The van der Waals surface area contributed by atoms with Crippen molar-refractivity contribution in [2.75, 3.05) is 27.2 Å². The van der Waals surface area contributed by atoms with Crippen LogP contribution in [0.3, 0.4) is 0 Å². The summed E-state index contributed by atoms with van der Waals surface area (Å²) in [5.41, 5.74) is 0. The van der Waals surface area contributed by atoms with Crippen LogP contribution in [0.25, 0.3) is 0 Å². The molecule has 0 aromatic carbocycles. The van der Waals surface area contributed by atoms with Crippen molar-refractivity contribution < 1.29 is 14.3 Å². The Morgan fingerprint density at radius 2 is 1.21 bits per heavy atom. The molecule has 4 heteroatoms. The molecule has 0 atom stereocenters. The first-order valence-electron chi connectivity index (χ1n) is 12.3. The largest absolute Gasteiger partial charge is 0.457 e. The van der Waals surface area contributed by atoms with Gasteiger partial charge in [0.05, 0.1) is 5.92 Å². The van der Waals surface area contributed by atoms with E-state index in [1.165, 1.54) is 64.2 Å². The van der Waals surface area contributed by atoms with Crippen LogP contribution in [0.1, 0.15) is 117 Å². The van der Waals surface area contributed by atoms with Gasteiger partial charge < -0.3 is 9.64 Å². The number of nitrogens with zero attached hydrogens (tertiary/aromatic N) is 1. The van der Waals surface area contributed by atoms with Gasteiger partial charge in [0.25, 0.3) is 0 Å². The van der Waals surface area contributed by atoms with Crippen molar-refractivity contribution in [1.82, 2.24) is 4.90 Å². The number of rotatable bonds is 21. The number of Topliss-reactive ketones (excluding diaryl/α,β-unsaturated/α-hetero) is 1. The van der Waals surface area contributed by atoms with Crippen molar-refractivity contribution in [1.29, 1.82) is 0 Å². The number of ether oxygens (including phenoxy) is 1. The van der Waals surface area contributed by atoms with Crippen molar-refractivity contribution >= 4 is 11.8 Å². The summed E-state index contributed by atoms with van der Waals surface area (Å²) in [4.78, 5) is 26.6. The van der Waals surface area contributed by atoms with Gasteiger partial charge in [-0.3, -0.25) is 9.59 Å². The first-order chi connectivity index (χ1) is 14.0. The highest BCUT2D eigenvalue weighted by Gasteiger charge is 2.20. The van der Waals surface area contributed by atoms with Crippen LogP contribution in [0.2, 0.25) is 0 Å². The van der Waals surface area contributed by atoms with Gasteiger partial charge in [0.15, 0.2) is 5.78 Å². The van der Waals surface area contributed by atoms with Crippen molar-refractivity contribution in [3.05, 3.63) is 0 Å².